The number of benzene rings is 6. The van der Waals surface area contributed by atoms with Crippen LogP contribution in [0.4, 0.5) is 17.1 Å². The first-order valence-electron chi connectivity index (χ1n) is 37.8. The van der Waals surface area contributed by atoms with E-state index in [1.165, 1.54) is 33.3 Å². The van der Waals surface area contributed by atoms with Crippen molar-refractivity contribution in [2.45, 2.75) is 105 Å². The molecule has 2 N–H and O–H groups in total. The SMILES string of the molecule is CC(=O)C(c1csc(-c2ccccc2)n1)N1CCCN(c2cc(C(C)C)cc3cccnc23)CC1.CC(=O)CC(c1ccn(-c2ccccc2)n1)N1CCCN(c2c(OCC(N)=O)c(C)cc3cccnc23)CC1.CCc1cc(N2CCCN(C(C(C)=O)c3ccn(-c4ccccc4)n3)CC2)c2ncccc2c1. The Hall–Kier alpha value is -10.8. The van der Waals surface area contributed by atoms with E-state index in [0.29, 0.717) is 24.6 Å². The highest BCUT2D eigenvalue weighted by atomic mass is 32.1. The second kappa shape index (κ2) is 35.3. The number of aromatic nitrogens is 8. The van der Waals surface area contributed by atoms with Crippen molar-refractivity contribution in [1.82, 2.24) is 54.2 Å². The zero-order chi connectivity index (χ0) is 75.2. The molecule has 1 amide bonds. The number of rotatable bonds is 21. The first-order valence-corrected chi connectivity index (χ1v) is 38.7. The highest BCUT2D eigenvalue weighted by Gasteiger charge is 2.34. The molecule has 20 nitrogen and oxygen atoms in total. The second-order valence-electron chi connectivity index (χ2n) is 28.6. The summed E-state index contributed by atoms with van der Waals surface area (Å²) in [7, 11) is 0. The zero-order valence-corrected chi connectivity index (χ0v) is 63.8. The molecule has 3 unspecified atom stereocenters. The van der Waals surface area contributed by atoms with Gasteiger partial charge in [0.25, 0.3) is 5.91 Å². The molecule has 6 aromatic carbocycles. The van der Waals surface area contributed by atoms with Gasteiger partial charge in [0.15, 0.2) is 18.2 Å². The number of fused-ring (bicyclic) bond motifs is 3. The van der Waals surface area contributed by atoms with Gasteiger partial charge in [0.2, 0.25) is 0 Å². The minimum atomic E-state index is -0.523. The maximum atomic E-state index is 12.8. The number of carbonyl (C=O) groups excluding carboxylic acids is 4. The van der Waals surface area contributed by atoms with E-state index in [2.05, 4.69) is 109 Å². The molecule has 15 rings (SSSR count). The van der Waals surface area contributed by atoms with Crippen molar-refractivity contribution in [1.29, 1.82) is 0 Å². The van der Waals surface area contributed by atoms with Gasteiger partial charge < -0.3 is 25.2 Å². The number of ether oxygens (including phenoxy) is 1. The first kappa shape index (κ1) is 75.4. The summed E-state index contributed by atoms with van der Waals surface area (Å²) in [5, 5.41) is 16.0. The van der Waals surface area contributed by atoms with E-state index < -0.39 is 5.91 Å². The van der Waals surface area contributed by atoms with Crippen LogP contribution < -0.4 is 25.2 Å². The van der Waals surface area contributed by atoms with E-state index in [0.717, 1.165) is 170 Å². The van der Waals surface area contributed by atoms with Crippen LogP contribution in [0.15, 0.2) is 206 Å². The molecule has 6 aromatic heterocycles. The Labute approximate surface area is 636 Å². The van der Waals surface area contributed by atoms with Crippen molar-refractivity contribution in [3.63, 3.8) is 0 Å². The molecule has 12 aromatic rings. The number of aryl methyl sites for hydroxylation is 2. The van der Waals surface area contributed by atoms with E-state index in [9.17, 15) is 19.2 Å². The quantitative estimate of drug-likeness (QED) is 0.0709. The monoisotopic (exact) mass is 1460 g/mol. The minimum absolute atomic E-state index is 0.120. The molecule has 0 bridgehead atoms. The number of anilines is 3. The van der Waals surface area contributed by atoms with E-state index >= 15 is 0 Å². The Kier molecular flexibility index (Phi) is 24.6. The van der Waals surface area contributed by atoms with Crippen molar-refractivity contribution in [2.75, 3.05) is 99.8 Å². The first-order chi connectivity index (χ1) is 52.5. The second-order valence-corrected chi connectivity index (χ2v) is 29.4. The number of amides is 1. The summed E-state index contributed by atoms with van der Waals surface area (Å²) in [5.41, 5.74) is 20.8. The number of para-hydroxylation sites is 2. The van der Waals surface area contributed by atoms with Crippen LogP contribution in [0.1, 0.15) is 125 Å². The van der Waals surface area contributed by atoms with Crippen LogP contribution in [-0.2, 0) is 25.6 Å². The number of pyridine rings is 3. The van der Waals surface area contributed by atoms with Crippen molar-refractivity contribution < 1.29 is 23.9 Å². The molecule has 3 aliphatic rings. The van der Waals surface area contributed by atoms with Gasteiger partial charge in [-0.05, 0) is 161 Å². The van der Waals surface area contributed by atoms with Crippen LogP contribution in [0.2, 0.25) is 0 Å². The summed E-state index contributed by atoms with van der Waals surface area (Å²) in [6.07, 6.45) is 13.7. The normalized spacial score (nSPS) is 15.6. The van der Waals surface area contributed by atoms with Crippen molar-refractivity contribution in [2.24, 2.45) is 5.73 Å². The third kappa shape index (κ3) is 17.9. The van der Waals surface area contributed by atoms with Crippen LogP contribution in [0.25, 0.3) is 54.7 Å². The van der Waals surface area contributed by atoms with Crippen LogP contribution in [0.5, 0.6) is 5.75 Å². The van der Waals surface area contributed by atoms with Gasteiger partial charge in [-0.25, -0.2) is 14.3 Å². The van der Waals surface area contributed by atoms with Crippen molar-refractivity contribution in [3.8, 4) is 27.7 Å². The molecule has 9 heterocycles. The lowest BCUT2D eigenvalue weighted by molar-refractivity contribution is -0.123. The van der Waals surface area contributed by atoms with Gasteiger partial charge in [0, 0.05) is 143 Å². The molecule has 108 heavy (non-hydrogen) atoms. The van der Waals surface area contributed by atoms with Gasteiger partial charge in [-0.1, -0.05) is 106 Å². The largest absolute Gasteiger partial charge is 0.481 e. The Balaban J connectivity index is 0.000000143. The summed E-state index contributed by atoms with van der Waals surface area (Å²) in [5.74, 6) is 0.976. The van der Waals surface area contributed by atoms with Gasteiger partial charge >= 0.3 is 0 Å². The lowest BCUT2D eigenvalue weighted by atomic mass is 9.99. The molecule has 0 spiro atoms. The Morgan fingerprint density at radius 1 is 0.519 bits per heavy atom. The van der Waals surface area contributed by atoms with E-state index in [-0.39, 0.29) is 42.1 Å². The van der Waals surface area contributed by atoms with E-state index in [1.807, 2.05) is 162 Å². The molecule has 21 heteroatoms. The zero-order valence-electron chi connectivity index (χ0n) is 63.0. The van der Waals surface area contributed by atoms with Crippen molar-refractivity contribution >= 4 is 84.4 Å². The fourth-order valence-corrected chi connectivity index (χ4v) is 16.2. The van der Waals surface area contributed by atoms with Gasteiger partial charge in [-0.15, -0.1) is 11.3 Å². The average molecular weight is 1460 g/mol. The van der Waals surface area contributed by atoms with E-state index in [1.54, 1.807) is 38.3 Å². The van der Waals surface area contributed by atoms with Crippen LogP contribution in [-0.4, -0.2) is 163 Å². The minimum Gasteiger partial charge on any atom is -0.481 e. The predicted octanol–water partition coefficient (Wildman–Crippen LogP) is 15.0. The van der Waals surface area contributed by atoms with Crippen molar-refractivity contribution in [3.05, 3.63) is 240 Å². The maximum Gasteiger partial charge on any atom is 0.255 e. The molecular formula is C87H97N15O5S. The molecule has 3 saturated heterocycles. The van der Waals surface area contributed by atoms with Gasteiger partial charge in [-0.3, -0.25) is 48.8 Å². The summed E-state index contributed by atoms with van der Waals surface area (Å²) >= 11 is 1.61. The van der Waals surface area contributed by atoms with Crippen LogP contribution in [0.3, 0.4) is 0 Å². The Morgan fingerprint density at radius 3 is 1.58 bits per heavy atom. The number of primary amides is 1. The lowest BCUT2D eigenvalue weighted by Gasteiger charge is -2.30. The predicted molar refractivity (Wildman–Crippen MR) is 433 cm³/mol. The number of carbonyl (C=O) groups is 4. The fraction of sp³-hybridized carbons (Fsp3) is 0.333. The summed E-state index contributed by atoms with van der Waals surface area (Å²) < 4.78 is 9.66. The highest BCUT2D eigenvalue weighted by molar-refractivity contribution is 7.13. The van der Waals surface area contributed by atoms with Crippen LogP contribution >= 0.6 is 11.3 Å². The summed E-state index contributed by atoms with van der Waals surface area (Å²) in [6.45, 7) is 23.4. The molecule has 0 saturated carbocycles. The van der Waals surface area contributed by atoms with Gasteiger partial charge in [0.05, 0.1) is 62.4 Å². The number of nitrogens with two attached hydrogens (primary N) is 1. The van der Waals surface area contributed by atoms with Gasteiger partial charge in [-0.2, -0.15) is 10.2 Å². The number of hydrogen-bond donors (Lipinski definition) is 1. The van der Waals surface area contributed by atoms with Crippen LogP contribution in [0, 0.1) is 6.92 Å². The molecule has 556 valence electrons. The highest BCUT2D eigenvalue weighted by Crippen LogP contribution is 2.41. The number of ketones is 3. The number of hydrogen-bond acceptors (Lipinski definition) is 18. The third-order valence-corrected chi connectivity index (χ3v) is 21.5. The molecule has 3 fully saturated rings. The smallest absolute Gasteiger partial charge is 0.255 e. The lowest BCUT2D eigenvalue weighted by Crippen LogP contribution is -2.37. The van der Waals surface area contributed by atoms with Gasteiger partial charge in [0.1, 0.15) is 34.3 Å². The standard InChI is InChI=1S/C30H34N6O3.C29H32N4OS.C28H31N5O/c1-21-18-23-8-6-12-32-28(23)29(30(21)39-20-27(31)38)35-14-7-13-34(16-17-35)26(19-22(2)37)25-11-15-36(33-25)24-9-4-3-5-10-24;1-20(2)24-17-23-11-7-12-30-27(23)26(18-24)32-13-8-14-33(16-15-32)28(21(3)34)25-19-35-29(31-25)22-9-5-4-6-10-22;1-3-22-19-23-9-7-13-29-27(23)26(20-22)31-14-8-15-32(18-17-31)28(21(2)34)25-12-16-33(30-25)24-10-5-4-6-11-24/h3-6,8-12,15,18,26H,7,13-14,16-17,19-20H2,1-2H3,(H2,31,38);4-7,9-12,17-20,28H,8,13-16H2,1-3H3;4-7,9-13,16,19-20,28H,3,8,14-15,17-18H2,1-2H3. The molecule has 3 atom stereocenters. The Bertz CT molecular complexity index is 5070. The number of nitrogens with zero attached hydrogens (tertiary/aromatic N) is 14. The molecular weight excluding hydrogens is 1370 g/mol. The Morgan fingerprint density at radius 2 is 1.02 bits per heavy atom. The third-order valence-electron chi connectivity index (χ3n) is 20.6. The number of Topliss-reactive ketones (excluding diaryl/α,β-unsaturated/α-hetero) is 3. The summed E-state index contributed by atoms with van der Waals surface area (Å²) in [6, 6.07) is 56.8. The topological polar surface area (TPSA) is 210 Å². The number of thiazole rings is 1. The molecule has 0 radical (unpaired) electrons. The fourth-order valence-electron chi connectivity index (χ4n) is 15.3. The molecule has 3 aliphatic heterocycles. The van der Waals surface area contributed by atoms with E-state index in [4.69, 9.17) is 35.6 Å². The summed E-state index contributed by atoms with van der Waals surface area (Å²) in [4.78, 5) is 82.7. The molecule has 0 aliphatic carbocycles. The maximum absolute atomic E-state index is 12.8. The average Bonchev–Trinajstić information content (AvgIpc) is 0.821.